The molecule has 0 aromatic rings. The van der Waals surface area contributed by atoms with Crippen LogP contribution in [0.15, 0.2) is 0 Å². The summed E-state index contributed by atoms with van der Waals surface area (Å²) in [5, 5.41) is 0. The normalized spacial score (nSPS) is 19.2. The predicted molar refractivity (Wildman–Crippen MR) is 70.7 cm³/mol. The number of rotatable bonds is 12. The topological polar surface area (TPSA) is 40.2 Å². The molecule has 0 spiro atoms. The van der Waals surface area contributed by atoms with Crippen molar-refractivity contribution in [3.63, 3.8) is 0 Å². The van der Waals surface area contributed by atoms with E-state index in [0.717, 1.165) is 45.5 Å². The first-order valence-electron chi connectivity index (χ1n) is 7.23. The maximum atomic E-state index is 5.79. The number of hydrogen-bond acceptors (Lipinski definition) is 4. The zero-order valence-corrected chi connectivity index (χ0v) is 12.1. The lowest BCUT2D eigenvalue weighted by molar-refractivity contribution is -0.239. The fourth-order valence-electron chi connectivity index (χ4n) is 2.07. The molecule has 0 N–H and O–H groups in total. The number of unbranched alkanes of at least 4 members (excludes halogenated alkanes) is 1. The van der Waals surface area contributed by atoms with Gasteiger partial charge in [0.25, 0.3) is 0 Å². The number of ether oxygens (including phenoxy) is 4. The predicted octanol–water partition coefficient (Wildman–Crippen LogP) is 2.75. The molecule has 0 radical (unpaired) electrons. The van der Waals surface area contributed by atoms with E-state index < -0.39 is 0 Å². The van der Waals surface area contributed by atoms with Crippen molar-refractivity contribution >= 4 is 0 Å². The highest BCUT2D eigenvalue weighted by Crippen LogP contribution is 2.25. The maximum Gasteiger partial charge on any atom is 0.167 e. The number of hydrogen-bond donors (Lipinski definition) is 0. The summed E-state index contributed by atoms with van der Waals surface area (Å²) in [4.78, 5) is 0. The smallest absolute Gasteiger partial charge is 0.167 e. The lowest BCUT2D eigenvalue weighted by atomic mass is 10.1. The van der Waals surface area contributed by atoms with Crippen LogP contribution in [0.25, 0.3) is 0 Å². The van der Waals surface area contributed by atoms with E-state index in [1.807, 2.05) is 13.8 Å². The third kappa shape index (κ3) is 6.14. The first kappa shape index (κ1) is 15.9. The van der Waals surface area contributed by atoms with Gasteiger partial charge in [-0.05, 0) is 33.1 Å². The first-order chi connectivity index (χ1) is 8.76. The Labute approximate surface area is 111 Å². The molecule has 108 valence electrons. The van der Waals surface area contributed by atoms with E-state index in [1.165, 1.54) is 0 Å². The summed E-state index contributed by atoms with van der Waals surface area (Å²) < 4.78 is 22.2. The van der Waals surface area contributed by atoms with Crippen molar-refractivity contribution in [3.05, 3.63) is 0 Å². The van der Waals surface area contributed by atoms with E-state index in [1.54, 1.807) is 0 Å². The molecule has 0 bridgehead atoms. The van der Waals surface area contributed by atoms with E-state index >= 15 is 0 Å². The molecule has 0 aromatic heterocycles. The summed E-state index contributed by atoms with van der Waals surface area (Å²) in [5.74, 6) is -0.386. The molecule has 1 unspecified atom stereocenters. The highest BCUT2D eigenvalue weighted by molar-refractivity contribution is 4.69. The van der Waals surface area contributed by atoms with Gasteiger partial charge in [-0.3, -0.25) is 0 Å². The van der Waals surface area contributed by atoms with E-state index in [-0.39, 0.29) is 5.79 Å². The Hall–Kier alpha value is -0.160. The Morgan fingerprint density at radius 1 is 1.11 bits per heavy atom. The SMILES string of the molecule is CCOC(CC)(CCCCOCC1CO1)OCC. The Bertz CT molecular complexity index is 198. The molecule has 0 aliphatic carbocycles. The van der Waals surface area contributed by atoms with Crippen LogP contribution in [0.3, 0.4) is 0 Å². The maximum absolute atomic E-state index is 5.79. The molecule has 18 heavy (non-hydrogen) atoms. The van der Waals surface area contributed by atoms with Crippen LogP contribution in [0, 0.1) is 0 Å². The molecule has 0 aromatic carbocycles. The van der Waals surface area contributed by atoms with Gasteiger partial charge in [-0.1, -0.05) is 6.92 Å². The minimum absolute atomic E-state index is 0.367. The molecule has 4 heteroatoms. The van der Waals surface area contributed by atoms with Gasteiger partial charge in [-0.15, -0.1) is 0 Å². The molecule has 1 rings (SSSR count). The Morgan fingerprint density at radius 2 is 1.78 bits per heavy atom. The van der Waals surface area contributed by atoms with Gasteiger partial charge in [0.1, 0.15) is 6.10 Å². The fourth-order valence-corrected chi connectivity index (χ4v) is 2.07. The van der Waals surface area contributed by atoms with Crippen molar-refractivity contribution in [2.45, 2.75) is 58.3 Å². The third-order valence-electron chi connectivity index (χ3n) is 3.16. The molecule has 0 saturated carbocycles. The van der Waals surface area contributed by atoms with Crippen LogP contribution >= 0.6 is 0 Å². The van der Waals surface area contributed by atoms with Gasteiger partial charge in [0, 0.05) is 26.2 Å². The molecular weight excluding hydrogens is 232 g/mol. The van der Waals surface area contributed by atoms with Crippen LogP contribution in [-0.2, 0) is 18.9 Å². The Balaban J connectivity index is 2.10. The molecule has 4 nitrogen and oxygen atoms in total. The van der Waals surface area contributed by atoms with Crippen molar-refractivity contribution in [1.29, 1.82) is 0 Å². The van der Waals surface area contributed by atoms with E-state index in [9.17, 15) is 0 Å². The van der Waals surface area contributed by atoms with Crippen molar-refractivity contribution in [3.8, 4) is 0 Å². The zero-order valence-electron chi connectivity index (χ0n) is 12.1. The van der Waals surface area contributed by atoms with Gasteiger partial charge in [-0.25, -0.2) is 0 Å². The van der Waals surface area contributed by atoms with Crippen LogP contribution in [0.5, 0.6) is 0 Å². The fraction of sp³-hybridized carbons (Fsp3) is 1.00. The summed E-state index contributed by atoms with van der Waals surface area (Å²) in [6.07, 6.45) is 4.32. The average Bonchev–Trinajstić information content (AvgIpc) is 3.18. The second kappa shape index (κ2) is 8.86. The van der Waals surface area contributed by atoms with Gasteiger partial charge in [0.15, 0.2) is 5.79 Å². The molecule has 1 fully saturated rings. The van der Waals surface area contributed by atoms with Gasteiger partial charge in [0.2, 0.25) is 0 Å². The van der Waals surface area contributed by atoms with Crippen LogP contribution in [0.1, 0.15) is 46.5 Å². The van der Waals surface area contributed by atoms with Crippen molar-refractivity contribution in [2.24, 2.45) is 0 Å². The molecule has 1 aliphatic rings. The molecule has 0 amide bonds. The van der Waals surface area contributed by atoms with E-state index in [2.05, 4.69) is 6.92 Å². The van der Waals surface area contributed by atoms with Gasteiger partial charge < -0.3 is 18.9 Å². The summed E-state index contributed by atoms with van der Waals surface area (Å²) >= 11 is 0. The van der Waals surface area contributed by atoms with Crippen LogP contribution in [0.4, 0.5) is 0 Å². The lowest BCUT2D eigenvalue weighted by Crippen LogP contribution is -2.35. The summed E-state index contributed by atoms with van der Waals surface area (Å²) in [6, 6.07) is 0. The van der Waals surface area contributed by atoms with Gasteiger partial charge >= 0.3 is 0 Å². The van der Waals surface area contributed by atoms with Crippen LogP contribution in [0.2, 0.25) is 0 Å². The second-order valence-corrected chi connectivity index (χ2v) is 4.62. The van der Waals surface area contributed by atoms with E-state index in [0.29, 0.717) is 19.3 Å². The lowest BCUT2D eigenvalue weighted by Gasteiger charge is -2.32. The third-order valence-corrected chi connectivity index (χ3v) is 3.16. The minimum atomic E-state index is -0.386. The molecule has 1 heterocycles. The molecule has 1 saturated heterocycles. The first-order valence-corrected chi connectivity index (χ1v) is 7.23. The summed E-state index contributed by atoms with van der Waals surface area (Å²) in [7, 11) is 0. The van der Waals surface area contributed by atoms with Crippen molar-refractivity contribution in [2.75, 3.05) is 33.0 Å². The quantitative estimate of drug-likeness (QED) is 0.307. The van der Waals surface area contributed by atoms with Crippen LogP contribution in [-0.4, -0.2) is 44.9 Å². The standard InChI is InChI=1S/C14H28O4/c1-4-14(17-5-2,18-6-3)9-7-8-10-15-11-13-12-16-13/h13H,4-12H2,1-3H3. The average molecular weight is 260 g/mol. The molecular formula is C14H28O4. The van der Waals surface area contributed by atoms with E-state index in [4.69, 9.17) is 18.9 Å². The summed E-state index contributed by atoms with van der Waals surface area (Å²) in [6.45, 7) is 9.96. The van der Waals surface area contributed by atoms with Crippen molar-refractivity contribution < 1.29 is 18.9 Å². The molecule has 1 atom stereocenters. The van der Waals surface area contributed by atoms with Crippen molar-refractivity contribution in [1.82, 2.24) is 0 Å². The molecule has 1 aliphatic heterocycles. The monoisotopic (exact) mass is 260 g/mol. The second-order valence-electron chi connectivity index (χ2n) is 4.62. The number of epoxide rings is 1. The minimum Gasteiger partial charge on any atom is -0.379 e. The van der Waals surface area contributed by atoms with Crippen LogP contribution < -0.4 is 0 Å². The highest BCUT2D eigenvalue weighted by atomic mass is 16.7. The summed E-state index contributed by atoms with van der Waals surface area (Å²) in [5.41, 5.74) is 0. The Kier molecular flexibility index (Phi) is 7.82. The highest BCUT2D eigenvalue weighted by Gasteiger charge is 2.28. The van der Waals surface area contributed by atoms with Gasteiger partial charge in [0.05, 0.1) is 13.2 Å². The zero-order chi connectivity index (χ0) is 13.3. The largest absolute Gasteiger partial charge is 0.379 e. The Morgan fingerprint density at radius 3 is 2.28 bits per heavy atom. The van der Waals surface area contributed by atoms with Gasteiger partial charge in [-0.2, -0.15) is 0 Å².